The van der Waals surface area contributed by atoms with Crippen LogP contribution in [0.4, 0.5) is 0 Å². The Morgan fingerprint density at radius 2 is 1.05 bits per heavy atom. The first kappa shape index (κ1) is 34.5. The fraction of sp³-hybridized carbons (Fsp3) is 0.389. The molecule has 0 bridgehead atoms. The van der Waals surface area contributed by atoms with Gasteiger partial charge in [-0.15, -0.1) is 45.2 Å². The number of benzene rings is 2. The molecule has 0 amide bonds. The summed E-state index contributed by atoms with van der Waals surface area (Å²) in [6.45, 7) is 18.0. The molecule has 0 saturated carbocycles. The first-order chi connectivity index (χ1) is 19.1. The van der Waals surface area contributed by atoms with Crippen LogP contribution >= 0.6 is 22.7 Å². The van der Waals surface area contributed by atoms with E-state index in [0.29, 0.717) is 0 Å². The standard InChI is InChI=1S/2C17H19S.C2H6Si.ClH.Zr/c2*1-4-5-6-13-7-8-14-15-9-11(2)12(3)17(15)18-16(14)10-13;1-3-2;;/h2*7-10H,4-6H2,1-3H3;1-2H3;1H;/q2*-1;;;/p-1. The van der Waals surface area contributed by atoms with Gasteiger partial charge in [0, 0.05) is 0 Å². The molecule has 0 unspecified atom stereocenters. The van der Waals surface area contributed by atoms with E-state index < -0.39 is 0 Å². The first-order valence-electron chi connectivity index (χ1n) is 14.8. The fourth-order valence-electron chi connectivity index (χ4n) is 5.25. The Morgan fingerprint density at radius 3 is 1.39 bits per heavy atom. The van der Waals surface area contributed by atoms with Crippen molar-refractivity contribution in [3.05, 3.63) is 81.9 Å². The molecule has 6 rings (SSSR count). The van der Waals surface area contributed by atoms with Crippen molar-refractivity contribution in [2.45, 2.75) is 93.2 Å². The van der Waals surface area contributed by atoms with Gasteiger partial charge in [0.25, 0.3) is 0 Å². The number of hydrogen-bond donors (Lipinski definition) is 0. The Hall–Kier alpha value is -1.03. The Balaban J connectivity index is 0.000000196. The van der Waals surface area contributed by atoms with Crippen molar-refractivity contribution in [1.82, 2.24) is 0 Å². The van der Waals surface area contributed by atoms with Gasteiger partial charge in [0.15, 0.2) is 0 Å². The summed E-state index contributed by atoms with van der Waals surface area (Å²) in [6, 6.07) is 18.7. The van der Waals surface area contributed by atoms with Gasteiger partial charge in [0.2, 0.25) is 0 Å². The van der Waals surface area contributed by atoms with Crippen LogP contribution < -0.4 is 12.4 Å². The van der Waals surface area contributed by atoms with Gasteiger partial charge in [-0.2, -0.15) is 0 Å². The summed E-state index contributed by atoms with van der Waals surface area (Å²) in [7, 11) is 0. The number of aryl methyl sites for hydroxylation is 6. The Kier molecular flexibility index (Phi) is 13.1. The number of halogens is 1. The maximum atomic E-state index is 2.39. The van der Waals surface area contributed by atoms with Gasteiger partial charge in [-0.3, -0.25) is 0 Å². The van der Waals surface area contributed by atoms with E-state index in [1.54, 1.807) is 23.3 Å². The predicted molar refractivity (Wildman–Crippen MR) is 184 cm³/mol. The Bertz CT molecular complexity index is 1630. The summed E-state index contributed by atoms with van der Waals surface area (Å²) in [5, 5.41) is 5.77. The smallest absolute Gasteiger partial charge is 1.00 e. The topological polar surface area (TPSA) is 0 Å². The van der Waals surface area contributed by atoms with Crippen molar-refractivity contribution in [3.63, 3.8) is 0 Å². The summed E-state index contributed by atoms with van der Waals surface area (Å²) < 4.78 is 5.87. The van der Waals surface area contributed by atoms with E-state index in [-0.39, 0.29) is 17.8 Å². The van der Waals surface area contributed by atoms with Gasteiger partial charge in [0.05, 0.1) is 0 Å². The molecule has 0 aliphatic rings. The minimum absolute atomic E-state index is 0. The minimum atomic E-state index is 0. The van der Waals surface area contributed by atoms with E-state index >= 15 is 0 Å². The summed E-state index contributed by atoms with van der Waals surface area (Å²) >= 11 is 5.65. The first-order valence-corrected chi connectivity index (χ1v) is 22.6. The number of fused-ring (bicyclic) bond motifs is 6. The molecule has 0 atom stereocenters. The maximum Gasteiger partial charge on any atom is -1.00 e. The molecule has 0 aliphatic heterocycles. The van der Waals surface area contributed by atoms with Crippen LogP contribution in [-0.4, -0.2) is 5.43 Å². The zero-order valence-corrected chi connectivity index (χ0v) is 31.9. The average Bonchev–Trinajstić information content (AvgIpc) is 3.62. The molecule has 218 valence electrons. The molecule has 5 heteroatoms. The second-order valence-corrected chi connectivity index (χ2v) is 22.9. The normalized spacial score (nSPS) is 10.9. The fourth-order valence-corrected chi connectivity index (χ4v) is 7.87. The molecule has 0 aliphatic carbocycles. The van der Waals surface area contributed by atoms with Gasteiger partial charge in [-0.05, 0) is 46.2 Å². The second-order valence-electron chi connectivity index (χ2n) is 11.5. The third-order valence-electron chi connectivity index (χ3n) is 7.81. The van der Waals surface area contributed by atoms with Gasteiger partial charge >= 0.3 is 41.9 Å². The number of thiophene rings is 2. The van der Waals surface area contributed by atoms with Gasteiger partial charge in [-0.1, -0.05) is 111 Å². The second kappa shape index (κ2) is 15.6. The Morgan fingerprint density at radius 1 is 0.683 bits per heavy atom. The van der Waals surface area contributed by atoms with Gasteiger partial charge in [-0.25, -0.2) is 22.7 Å². The van der Waals surface area contributed by atoms with E-state index in [1.165, 1.54) is 112 Å². The molecule has 41 heavy (non-hydrogen) atoms. The van der Waals surface area contributed by atoms with E-state index in [4.69, 9.17) is 0 Å². The Labute approximate surface area is 277 Å². The van der Waals surface area contributed by atoms with Crippen LogP contribution in [0.1, 0.15) is 72.9 Å². The van der Waals surface area contributed by atoms with Crippen LogP contribution in [0.15, 0.2) is 48.5 Å². The van der Waals surface area contributed by atoms with Gasteiger partial charge in [0.1, 0.15) is 0 Å². The zero-order valence-electron chi connectivity index (χ0n) is 26.1. The van der Waals surface area contributed by atoms with E-state index in [0.717, 1.165) is 0 Å². The minimum Gasteiger partial charge on any atom is -1.00 e. The third-order valence-corrected chi connectivity index (χ3v) is 10.4. The molecule has 0 nitrogen and oxygen atoms in total. The van der Waals surface area contributed by atoms with Crippen LogP contribution in [0, 0.1) is 27.7 Å². The molecule has 4 aromatic carbocycles. The van der Waals surface area contributed by atoms with E-state index in [2.05, 4.69) is 103 Å². The summed E-state index contributed by atoms with van der Waals surface area (Å²) in [5.74, 6) is 0. The SMILES string of the molecule is CCCCc1ccc2c(c1)sc1c(C)c(C)[cH-]c12.CCCCc1ccc2c(c1)sc1c(C)c(C)[cH-]c12.C[Si](C)=[Zr].[Cl-]. The number of unbranched alkanes of at least 4 members (excludes halogenated alkanes) is 2. The van der Waals surface area contributed by atoms with Gasteiger partial charge < -0.3 is 12.4 Å². The summed E-state index contributed by atoms with van der Waals surface area (Å²) in [6.07, 6.45) is 7.56. The molecule has 0 radical (unpaired) electrons. The summed E-state index contributed by atoms with van der Waals surface area (Å²) in [4.78, 5) is 0. The zero-order chi connectivity index (χ0) is 29.0. The van der Waals surface area contributed by atoms with Crippen molar-refractivity contribution in [2.75, 3.05) is 0 Å². The molecule has 0 spiro atoms. The van der Waals surface area contributed by atoms with Crippen LogP contribution in [0.2, 0.25) is 13.1 Å². The number of rotatable bonds is 6. The molecule has 2 heterocycles. The van der Waals surface area contributed by atoms with E-state index in [9.17, 15) is 0 Å². The van der Waals surface area contributed by atoms with Crippen LogP contribution in [0.25, 0.3) is 40.3 Å². The molecular formula is C36H44ClS2SiZr-3. The number of hydrogen-bond acceptors (Lipinski definition) is 2. The quantitative estimate of drug-likeness (QED) is 0.120. The largest absolute Gasteiger partial charge is 1.00 e. The third kappa shape index (κ3) is 8.12. The monoisotopic (exact) mass is 693 g/mol. The molecular weight excluding hydrogens is 651 g/mol. The van der Waals surface area contributed by atoms with E-state index in [1.807, 2.05) is 22.7 Å². The average molecular weight is 696 g/mol. The van der Waals surface area contributed by atoms with Crippen molar-refractivity contribution in [3.8, 4) is 0 Å². The molecule has 0 fully saturated rings. The predicted octanol–water partition coefficient (Wildman–Crippen LogP) is 9.25. The van der Waals surface area contributed by atoms with Crippen LogP contribution in [0.3, 0.4) is 0 Å². The maximum absolute atomic E-state index is 2.39. The molecule has 2 aromatic heterocycles. The van der Waals surface area contributed by atoms with Crippen LogP contribution in [-0.2, 0) is 36.2 Å². The summed E-state index contributed by atoms with van der Waals surface area (Å²) in [5.41, 5.74) is 8.96. The molecule has 6 aromatic rings. The van der Waals surface area contributed by atoms with Crippen molar-refractivity contribution in [1.29, 1.82) is 0 Å². The molecule has 0 N–H and O–H groups in total. The van der Waals surface area contributed by atoms with Crippen molar-refractivity contribution >= 4 is 68.5 Å². The van der Waals surface area contributed by atoms with Crippen molar-refractivity contribution in [2.24, 2.45) is 0 Å². The van der Waals surface area contributed by atoms with Crippen LogP contribution in [0.5, 0.6) is 0 Å². The molecule has 0 saturated heterocycles. The van der Waals surface area contributed by atoms with Crippen molar-refractivity contribution < 1.29 is 35.7 Å².